The van der Waals surface area contributed by atoms with Gasteiger partial charge < -0.3 is 19.9 Å². The molecule has 1 atom stereocenters. The molecule has 2 N–H and O–H groups in total. The molecule has 2 aromatic carbocycles. The number of nitrogens with one attached hydrogen (secondary N) is 1. The summed E-state index contributed by atoms with van der Waals surface area (Å²) in [6, 6.07) is 20.8. The maximum Gasteiger partial charge on any atom is 0.326 e. The average Bonchev–Trinajstić information content (AvgIpc) is 2.88. The number of nitrogens with zero attached hydrogens (tertiary/aromatic N) is 2. The van der Waals surface area contributed by atoms with Gasteiger partial charge in [-0.05, 0) is 55.7 Å². The van der Waals surface area contributed by atoms with E-state index >= 15 is 0 Å². The van der Waals surface area contributed by atoms with Crippen LogP contribution in [0.4, 0.5) is 0 Å². The normalized spacial score (nSPS) is 12.0. The molecule has 3 aromatic rings. The molecule has 1 aromatic heterocycles. The highest BCUT2D eigenvalue weighted by molar-refractivity contribution is 5.96. The van der Waals surface area contributed by atoms with Crippen molar-refractivity contribution in [2.24, 2.45) is 0 Å². The van der Waals surface area contributed by atoms with E-state index in [1.165, 1.54) is 10.6 Å². The summed E-state index contributed by atoms with van der Waals surface area (Å²) < 4.78 is 1.52. The third-order valence-corrected chi connectivity index (χ3v) is 6.19. The zero-order chi connectivity index (χ0) is 25.2. The topological polar surface area (TPSA) is 91.6 Å². The van der Waals surface area contributed by atoms with E-state index in [-0.39, 0.29) is 12.0 Å². The number of amides is 1. The Kier molecular flexibility index (Phi) is 9.38. The van der Waals surface area contributed by atoms with Crippen molar-refractivity contribution in [3.8, 4) is 0 Å². The predicted octanol–water partition coefficient (Wildman–Crippen LogP) is 3.79. The standard InChI is InChI=1S/C28H33N3O4/c1-3-30(4-2)19-12-18-24(28(34)35)29-26(32)23-17-11-20-31(27(23)33)25(21-13-7-5-8-14-21)22-15-9-6-10-16-22/h5-11,13-17,20,24-25H,3-4,12,18-19H2,1-2H3,(H,29,32)(H,34,35). The third-order valence-electron chi connectivity index (χ3n) is 6.19. The number of hydrogen-bond acceptors (Lipinski definition) is 4. The van der Waals surface area contributed by atoms with Crippen molar-refractivity contribution in [1.82, 2.24) is 14.8 Å². The van der Waals surface area contributed by atoms with Gasteiger partial charge in [0.2, 0.25) is 0 Å². The first-order valence-corrected chi connectivity index (χ1v) is 12.0. The van der Waals surface area contributed by atoms with Crippen LogP contribution in [0, 0.1) is 0 Å². The minimum atomic E-state index is -1.11. The summed E-state index contributed by atoms with van der Waals surface area (Å²) in [6.45, 7) is 6.63. The molecule has 3 rings (SSSR count). The molecule has 0 fully saturated rings. The Bertz CT molecular complexity index is 1120. The molecule has 0 aliphatic rings. The van der Waals surface area contributed by atoms with Crippen molar-refractivity contribution in [2.45, 2.75) is 38.8 Å². The molecule has 0 aliphatic heterocycles. The van der Waals surface area contributed by atoms with Gasteiger partial charge in [-0.15, -0.1) is 0 Å². The van der Waals surface area contributed by atoms with Crippen LogP contribution in [0.1, 0.15) is 54.2 Å². The molecule has 0 saturated heterocycles. The van der Waals surface area contributed by atoms with Crippen LogP contribution in [0.3, 0.4) is 0 Å². The van der Waals surface area contributed by atoms with E-state index in [0.29, 0.717) is 6.42 Å². The van der Waals surface area contributed by atoms with Gasteiger partial charge in [-0.1, -0.05) is 74.5 Å². The summed E-state index contributed by atoms with van der Waals surface area (Å²) in [5.41, 5.74) is 1.24. The molecule has 0 spiro atoms. The fraction of sp³-hybridized carbons (Fsp3) is 0.321. The minimum absolute atomic E-state index is 0.0839. The summed E-state index contributed by atoms with van der Waals surface area (Å²) in [4.78, 5) is 40.5. The van der Waals surface area contributed by atoms with Gasteiger partial charge in [-0.2, -0.15) is 0 Å². The number of benzene rings is 2. The Hall–Kier alpha value is -3.71. The first-order chi connectivity index (χ1) is 17.0. The second-order valence-electron chi connectivity index (χ2n) is 8.39. The first-order valence-electron chi connectivity index (χ1n) is 12.0. The van der Waals surface area contributed by atoms with Crippen LogP contribution in [0.5, 0.6) is 0 Å². The number of aromatic nitrogens is 1. The second-order valence-corrected chi connectivity index (χ2v) is 8.39. The quantitative estimate of drug-likeness (QED) is 0.416. The largest absolute Gasteiger partial charge is 0.480 e. The van der Waals surface area contributed by atoms with Gasteiger partial charge in [0.25, 0.3) is 11.5 Å². The van der Waals surface area contributed by atoms with Crippen LogP contribution in [0.2, 0.25) is 0 Å². The number of pyridine rings is 1. The molecule has 0 radical (unpaired) electrons. The van der Waals surface area contributed by atoms with Gasteiger partial charge in [-0.3, -0.25) is 9.59 Å². The van der Waals surface area contributed by atoms with Crippen molar-refractivity contribution in [3.63, 3.8) is 0 Å². The van der Waals surface area contributed by atoms with Crippen molar-refractivity contribution in [3.05, 3.63) is 106 Å². The van der Waals surface area contributed by atoms with Crippen LogP contribution in [-0.4, -0.2) is 52.1 Å². The highest BCUT2D eigenvalue weighted by atomic mass is 16.4. The molecular weight excluding hydrogens is 442 g/mol. The zero-order valence-corrected chi connectivity index (χ0v) is 20.3. The Morgan fingerprint density at radius 1 is 0.914 bits per heavy atom. The van der Waals surface area contributed by atoms with Crippen molar-refractivity contribution < 1.29 is 14.7 Å². The molecular formula is C28H33N3O4. The molecule has 1 heterocycles. The van der Waals surface area contributed by atoms with Crippen LogP contribution >= 0.6 is 0 Å². The highest BCUT2D eigenvalue weighted by Gasteiger charge is 2.24. The van der Waals surface area contributed by atoms with Crippen molar-refractivity contribution in [2.75, 3.05) is 19.6 Å². The number of aliphatic carboxylic acids is 1. The molecule has 35 heavy (non-hydrogen) atoms. The summed E-state index contributed by atoms with van der Waals surface area (Å²) >= 11 is 0. The Balaban J connectivity index is 1.87. The maximum atomic E-state index is 13.5. The lowest BCUT2D eigenvalue weighted by Gasteiger charge is -2.22. The first kappa shape index (κ1) is 25.9. The monoisotopic (exact) mass is 475 g/mol. The van der Waals surface area contributed by atoms with E-state index in [1.54, 1.807) is 12.3 Å². The molecule has 0 aliphatic carbocycles. The number of hydrogen-bond donors (Lipinski definition) is 2. The summed E-state index contributed by atoms with van der Waals surface area (Å²) in [5, 5.41) is 12.2. The molecule has 7 heteroatoms. The van der Waals surface area contributed by atoms with Crippen LogP contribution in [-0.2, 0) is 4.79 Å². The predicted molar refractivity (Wildman–Crippen MR) is 137 cm³/mol. The van der Waals surface area contributed by atoms with Crippen LogP contribution in [0.25, 0.3) is 0 Å². The lowest BCUT2D eigenvalue weighted by Crippen LogP contribution is -2.44. The summed E-state index contributed by atoms with van der Waals surface area (Å²) in [6.07, 6.45) is 2.57. The molecule has 0 saturated carbocycles. The van der Waals surface area contributed by atoms with Gasteiger partial charge in [0.15, 0.2) is 0 Å². The summed E-state index contributed by atoms with van der Waals surface area (Å²) in [5.74, 6) is -1.79. The SMILES string of the molecule is CCN(CC)CCCC(NC(=O)c1cccn(C(c2ccccc2)c2ccccc2)c1=O)C(=O)O. The lowest BCUT2D eigenvalue weighted by atomic mass is 9.98. The Labute approximate surface area is 206 Å². The number of carbonyl (C=O) groups is 2. The molecule has 0 bridgehead atoms. The smallest absolute Gasteiger partial charge is 0.326 e. The Morgan fingerprint density at radius 3 is 2.00 bits per heavy atom. The molecule has 1 unspecified atom stereocenters. The van der Waals surface area contributed by atoms with E-state index in [2.05, 4.69) is 24.1 Å². The van der Waals surface area contributed by atoms with Gasteiger partial charge in [0, 0.05) is 6.20 Å². The van der Waals surface area contributed by atoms with E-state index in [9.17, 15) is 19.5 Å². The van der Waals surface area contributed by atoms with Gasteiger partial charge in [-0.25, -0.2) is 4.79 Å². The lowest BCUT2D eigenvalue weighted by molar-refractivity contribution is -0.139. The van der Waals surface area contributed by atoms with Crippen molar-refractivity contribution in [1.29, 1.82) is 0 Å². The van der Waals surface area contributed by atoms with E-state index in [1.807, 2.05) is 60.7 Å². The van der Waals surface area contributed by atoms with Gasteiger partial charge in [0.05, 0.1) is 6.04 Å². The Morgan fingerprint density at radius 2 is 1.49 bits per heavy atom. The molecule has 7 nitrogen and oxygen atoms in total. The maximum absolute atomic E-state index is 13.5. The minimum Gasteiger partial charge on any atom is -0.480 e. The van der Waals surface area contributed by atoms with E-state index in [0.717, 1.165) is 30.8 Å². The fourth-order valence-electron chi connectivity index (χ4n) is 4.22. The number of rotatable bonds is 12. The number of carboxylic acids is 1. The van der Waals surface area contributed by atoms with Gasteiger partial charge >= 0.3 is 5.97 Å². The molecule has 1 amide bonds. The van der Waals surface area contributed by atoms with Gasteiger partial charge in [0.1, 0.15) is 11.6 Å². The summed E-state index contributed by atoms with van der Waals surface area (Å²) in [7, 11) is 0. The second kappa shape index (κ2) is 12.7. The van der Waals surface area contributed by atoms with Crippen LogP contribution in [0.15, 0.2) is 83.8 Å². The van der Waals surface area contributed by atoms with E-state index in [4.69, 9.17) is 0 Å². The zero-order valence-electron chi connectivity index (χ0n) is 20.3. The number of carbonyl (C=O) groups excluding carboxylic acids is 1. The average molecular weight is 476 g/mol. The van der Waals surface area contributed by atoms with E-state index < -0.39 is 29.5 Å². The highest BCUT2D eigenvalue weighted by Crippen LogP contribution is 2.25. The third kappa shape index (κ3) is 6.67. The fourth-order valence-corrected chi connectivity index (χ4v) is 4.22. The molecule has 184 valence electrons. The van der Waals surface area contributed by atoms with Crippen LogP contribution < -0.4 is 10.9 Å². The van der Waals surface area contributed by atoms with Crippen molar-refractivity contribution >= 4 is 11.9 Å². The number of carboxylic acid groups (broad SMARTS) is 1.